The molecule has 5 nitrogen and oxygen atoms in total. The van der Waals surface area contributed by atoms with E-state index >= 15 is 0 Å². The Kier molecular flexibility index (Phi) is 4.24. The van der Waals surface area contributed by atoms with Gasteiger partial charge in [-0.15, -0.1) is 0 Å². The number of aromatic nitrogens is 2. The predicted molar refractivity (Wildman–Crippen MR) is 72.8 cm³/mol. The number of nitrogens with one attached hydrogen (secondary N) is 1. The molecule has 1 N–H and O–H groups in total. The summed E-state index contributed by atoms with van der Waals surface area (Å²) >= 11 is 0. The lowest BCUT2D eigenvalue weighted by Crippen LogP contribution is -2.53. The van der Waals surface area contributed by atoms with E-state index < -0.39 is 5.54 Å². The first-order valence-corrected chi connectivity index (χ1v) is 7.01. The van der Waals surface area contributed by atoms with E-state index in [1.165, 1.54) is 0 Å². The van der Waals surface area contributed by atoms with Crippen molar-refractivity contribution in [3.05, 3.63) is 18.5 Å². The molecule has 0 saturated heterocycles. The maximum atomic E-state index is 12.3. The molecule has 0 aliphatic heterocycles. The zero-order chi connectivity index (χ0) is 13.9. The van der Waals surface area contributed by atoms with E-state index in [0.717, 1.165) is 19.3 Å². The summed E-state index contributed by atoms with van der Waals surface area (Å²) in [7, 11) is 0. The van der Waals surface area contributed by atoms with Crippen molar-refractivity contribution in [2.24, 2.45) is 0 Å². The van der Waals surface area contributed by atoms with Gasteiger partial charge in [0.2, 0.25) is 0 Å². The van der Waals surface area contributed by atoms with Gasteiger partial charge in [0.05, 0.1) is 12.6 Å². The normalized spacial score (nSPS) is 26.8. The van der Waals surface area contributed by atoms with E-state index in [-0.39, 0.29) is 18.1 Å². The summed E-state index contributed by atoms with van der Waals surface area (Å²) in [5.74, 6) is -0.127. The van der Waals surface area contributed by atoms with Crippen molar-refractivity contribution in [3.63, 3.8) is 0 Å². The van der Waals surface area contributed by atoms with Crippen molar-refractivity contribution in [2.75, 3.05) is 6.61 Å². The lowest BCUT2D eigenvalue weighted by Gasteiger charge is -2.30. The fraction of sp³-hybridized carbons (Fsp3) is 0.714. The Morgan fingerprint density at radius 1 is 1.63 bits per heavy atom. The van der Waals surface area contributed by atoms with Gasteiger partial charge in [0.25, 0.3) is 0 Å². The molecule has 1 fully saturated rings. The third kappa shape index (κ3) is 2.97. The first-order chi connectivity index (χ1) is 9.07. The lowest BCUT2D eigenvalue weighted by molar-refractivity contribution is -0.151. The van der Waals surface area contributed by atoms with Crippen LogP contribution in [0.3, 0.4) is 0 Å². The molecule has 1 heterocycles. The van der Waals surface area contributed by atoms with Gasteiger partial charge in [-0.25, -0.2) is 0 Å². The van der Waals surface area contributed by atoms with Crippen molar-refractivity contribution >= 4 is 5.97 Å². The molecule has 0 spiro atoms. The standard InChI is InChI=1S/C14H23N3O2/c1-4-19-13(18)14(16-11(2)3)7-6-12(10-14)17-9-5-8-15-17/h5,8-9,11-12,16H,4,6-7,10H2,1-3H3. The first-order valence-electron chi connectivity index (χ1n) is 7.01. The van der Waals surface area contributed by atoms with Crippen molar-refractivity contribution < 1.29 is 9.53 Å². The summed E-state index contributed by atoms with van der Waals surface area (Å²) in [6.45, 7) is 6.39. The summed E-state index contributed by atoms with van der Waals surface area (Å²) < 4.78 is 7.21. The van der Waals surface area contributed by atoms with E-state index in [1.54, 1.807) is 6.20 Å². The van der Waals surface area contributed by atoms with Crippen LogP contribution < -0.4 is 5.32 Å². The average molecular weight is 265 g/mol. The highest BCUT2D eigenvalue weighted by atomic mass is 16.5. The zero-order valence-electron chi connectivity index (χ0n) is 11.9. The fourth-order valence-electron chi connectivity index (χ4n) is 2.94. The number of ether oxygens (including phenoxy) is 1. The molecule has 19 heavy (non-hydrogen) atoms. The van der Waals surface area contributed by atoms with Crippen molar-refractivity contribution in [1.29, 1.82) is 0 Å². The van der Waals surface area contributed by atoms with Crippen LogP contribution in [0.25, 0.3) is 0 Å². The zero-order valence-corrected chi connectivity index (χ0v) is 11.9. The van der Waals surface area contributed by atoms with Gasteiger partial charge in [0, 0.05) is 18.4 Å². The van der Waals surface area contributed by atoms with Gasteiger partial charge in [-0.2, -0.15) is 5.10 Å². The molecule has 0 amide bonds. The Morgan fingerprint density at radius 2 is 2.42 bits per heavy atom. The lowest BCUT2D eigenvalue weighted by atomic mass is 9.96. The maximum Gasteiger partial charge on any atom is 0.326 e. The summed E-state index contributed by atoms with van der Waals surface area (Å²) in [5, 5.41) is 7.70. The van der Waals surface area contributed by atoms with Gasteiger partial charge in [-0.05, 0) is 46.1 Å². The molecule has 1 aliphatic rings. The SMILES string of the molecule is CCOC(=O)C1(NC(C)C)CCC(n2cccn2)C1. The van der Waals surface area contributed by atoms with Gasteiger partial charge in [0.15, 0.2) is 0 Å². The molecule has 1 saturated carbocycles. The molecule has 0 radical (unpaired) electrons. The smallest absolute Gasteiger partial charge is 0.326 e. The molecular weight excluding hydrogens is 242 g/mol. The van der Waals surface area contributed by atoms with Crippen LogP contribution in [-0.4, -0.2) is 33.9 Å². The Bertz CT molecular complexity index is 416. The van der Waals surface area contributed by atoms with E-state index in [2.05, 4.69) is 24.3 Å². The minimum Gasteiger partial charge on any atom is -0.465 e. The Morgan fingerprint density at radius 3 is 3.00 bits per heavy atom. The second-order valence-corrected chi connectivity index (χ2v) is 5.48. The van der Waals surface area contributed by atoms with Crippen LogP contribution in [0.1, 0.15) is 46.1 Å². The second-order valence-electron chi connectivity index (χ2n) is 5.48. The Hall–Kier alpha value is -1.36. The predicted octanol–water partition coefficient (Wildman–Crippen LogP) is 1.91. The molecule has 5 heteroatoms. The summed E-state index contributed by atoms with van der Waals surface area (Å²) in [6, 6.07) is 2.44. The van der Waals surface area contributed by atoms with E-state index in [0.29, 0.717) is 6.61 Å². The van der Waals surface area contributed by atoms with Crippen LogP contribution in [0.5, 0.6) is 0 Å². The summed E-state index contributed by atoms with van der Waals surface area (Å²) in [4.78, 5) is 12.3. The van der Waals surface area contributed by atoms with Crippen molar-refractivity contribution in [3.8, 4) is 0 Å². The molecule has 1 aromatic rings. The molecular formula is C14H23N3O2. The quantitative estimate of drug-likeness (QED) is 0.826. The van der Waals surface area contributed by atoms with Gasteiger partial charge >= 0.3 is 5.97 Å². The highest BCUT2D eigenvalue weighted by molar-refractivity contribution is 5.81. The number of esters is 1. The Labute approximate surface area is 114 Å². The number of carbonyl (C=O) groups excluding carboxylic acids is 1. The first kappa shape index (κ1) is 14.1. The maximum absolute atomic E-state index is 12.3. The van der Waals surface area contributed by atoms with E-state index in [1.807, 2.05) is 23.9 Å². The van der Waals surface area contributed by atoms with Crippen LogP contribution >= 0.6 is 0 Å². The average Bonchev–Trinajstić information content (AvgIpc) is 2.97. The number of nitrogens with zero attached hydrogens (tertiary/aromatic N) is 2. The van der Waals surface area contributed by atoms with Crippen molar-refractivity contribution in [2.45, 2.75) is 57.7 Å². The van der Waals surface area contributed by atoms with Crippen LogP contribution in [0.2, 0.25) is 0 Å². The third-order valence-corrected chi connectivity index (χ3v) is 3.62. The number of rotatable bonds is 5. The van der Waals surface area contributed by atoms with E-state index in [4.69, 9.17) is 4.74 Å². The number of hydrogen-bond donors (Lipinski definition) is 1. The second kappa shape index (κ2) is 5.74. The van der Waals surface area contributed by atoms with E-state index in [9.17, 15) is 4.79 Å². The molecule has 2 atom stereocenters. The van der Waals surface area contributed by atoms with Gasteiger partial charge < -0.3 is 4.74 Å². The topological polar surface area (TPSA) is 56.1 Å². The summed E-state index contributed by atoms with van der Waals surface area (Å²) in [5.41, 5.74) is -0.555. The van der Waals surface area contributed by atoms with Crippen LogP contribution in [0.15, 0.2) is 18.5 Å². The molecule has 1 aliphatic carbocycles. The molecule has 1 aromatic heterocycles. The highest BCUT2D eigenvalue weighted by Gasteiger charge is 2.47. The fourth-order valence-corrected chi connectivity index (χ4v) is 2.94. The molecule has 0 aromatic carbocycles. The molecule has 0 bridgehead atoms. The minimum absolute atomic E-state index is 0.127. The summed E-state index contributed by atoms with van der Waals surface area (Å²) in [6.07, 6.45) is 6.22. The van der Waals surface area contributed by atoms with Gasteiger partial charge in [-0.1, -0.05) is 0 Å². The molecule has 2 unspecified atom stereocenters. The number of carbonyl (C=O) groups is 1. The van der Waals surface area contributed by atoms with Crippen LogP contribution in [-0.2, 0) is 9.53 Å². The Balaban J connectivity index is 2.14. The minimum atomic E-state index is -0.555. The van der Waals surface area contributed by atoms with Gasteiger partial charge in [-0.3, -0.25) is 14.8 Å². The van der Waals surface area contributed by atoms with Gasteiger partial charge in [0.1, 0.15) is 5.54 Å². The van der Waals surface area contributed by atoms with Crippen LogP contribution in [0, 0.1) is 0 Å². The number of hydrogen-bond acceptors (Lipinski definition) is 4. The highest BCUT2D eigenvalue weighted by Crippen LogP contribution is 2.38. The monoisotopic (exact) mass is 265 g/mol. The third-order valence-electron chi connectivity index (χ3n) is 3.62. The van der Waals surface area contributed by atoms with Crippen LogP contribution in [0.4, 0.5) is 0 Å². The largest absolute Gasteiger partial charge is 0.465 e. The van der Waals surface area contributed by atoms with Crippen molar-refractivity contribution in [1.82, 2.24) is 15.1 Å². The molecule has 2 rings (SSSR count). The molecule has 106 valence electrons.